The molecule has 0 N–H and O–H groups in total. The third-order valence-electron chi connectivity index (χ3n) is 8.34. The van der Waals surface area contributed by atoms with Gasteiger partial charge in [0.25, 0.3) is 0 Å². The predicted molar refractivity (Wildman–Crippen MR) is 144 cm³/mol. The Morgan fingerprint density at radius 1 is 1.17 bits per heavy atom. The molecule has 1 atom stereocenters. The quantitative estimate of drug-likeness (QED) is 0.419. The van der Waals surface area contributed by atoms with Gasteiger partial charge in [-0.25, -0.2) is 9.18 Å². The molecular weight excluding hydrogens is 498 g/mol. The van der Waals surface area contributed by atoms with E-state index in [4.69, 9.17) is 25.3 Å². The van der Waals surface area contributed by atoms with Crippen molar-refractivity contribution in [3.63, 3.8) is 0 Å². The summed E-state index contributed by atoms with van der Waals surface area (Å²) in [6.45, 7) is 19.6. The summed E-state index contributed by atoms with van der Waals surface area (Å²) >= 11 is 6.13. The van der Waals surface area contributed by atoms with Crippen molar-refractivity contribution in [3.8, 4) is 0 Å². The Morgan fingerprint density at radius 3 is 2.31 bits per heavy atom. The van der Waals surface area contributed by atoms with Gasteiger partial charge >= 0.3 is 13.1 Å². The lowest BCUT2D eigenvalue weighted by molar-refractivity contribution is 0.00578. The number of rotatable bonds is 6. The number of halogens is 2. The van der Waals surface area contributed by atoms with Crippen LogP contribution in [0, 0.1) is 5.82 Å². The molecule has 6 nitrogen and oxygen atoms in total. The lowest BCUT2D eigenvalue weighted by Crippen LogP contribution is -2.44. The molecule has 10 heteroatoms. The number of hydrogen-bond donors (Lipinski definition) is 0. The van der Waals surface area contributed by atoms with Gasteiger partial charge in [-0.15, -0.1) is 0 Å². The van der Waals surface area contributed by atoms with E-state index >= 15 is 0 Å². The van der Waals surface area contributed by atoms with Crippen molar-refractivity contribution in [2.45, 2.75) is 90.4 Å². The Labute approximate surface area is 220 Å². The fourth-order valence-corrected chi connectivity index (χ4v) is 5.35. The average Bonchev–Trinajstić information content (AvgIpc) is 3.35. The van der Waals surface area contributed by atoms with Crippen molar-refractivity contribution in [1.29, 1.82) is 0 Å². The second kappa shape index (κ2) is 8.98. The standard InChI is InChI=1S/C26H37BClFN2O4Si/c1-24(2,3)36(8,9)33-16-22(17-10-11-21(29)20(28)12-17)31-15-19-13-18(14-30(19)23(31)32)27-34-25(4,5)26(6,7)35-27/h10-14,22H,15-16H2,1-9H3. The third kappa shape index (κ3) is 4.80. The first kappa shape index (κ1) is 27.4. The van der Waals surface area contributed by atoms with Crippen molar-refractivity contribution < 1.29 is 22.9 Å². The summed E-state index contributed by atoms with van der Waals surface area (Å²) in [5.41, 5.74) is 1.47. The second-order valence-corrected chi connectivity index (χ2v) is 17.6. The zero-order valence-corrected chi connectivity index (χ0v) is 24.5. The largest absolute Gasteiger partial charge is 0.496 e. The first-order chi connectivity index (χ1) is 16.4. The molecule has 4 rings (SSSR count). The fourth-order valence-electron chi connectivity index (χ4n) is 4.15. The number of benzene rings is 1. The molecule has 0 saturated carbocycles. The molecular formula is C26H37BClFN2O4Si. The number of aromatic nitrogens is 1. The van der Waals surface area contributed by atoms with E-state index < -0.39 is 38.5 Å². The molecule has 2 aliphatic rings. The summed E-state index contributed by atoms with van der Waals surface area (Å²) in [6.07, 6.45) is 1.79. The SMILES string of the molecule is CC1(C)OB(c2cc3n(c2)C(=O)N(C(CO[Si](C)(C)C(C)(C)C)c2ccc(F)c(Cl)c2)C3)OC1(C)C. The highest BCUT2D eigenvalue weighted by Crippen LogP contribution is 2.39. The summed E-state index contributed by atoms with van der Waals surface area (Å²) in [5.74, 6) is -0.490. The van der Waals surface area contributed by atoms with Crippen LogP contribution in [-0.4, -0.2) is 48.7 Å². The highest BCUT2D eigenvalue weighted by atomic mass is 35.5. The van der Waals surface area contributed by atoms with Gasteiger partial charge in [0.1, 0.15) is 5.82 Å². The maximum Gasteiger partial charge on any atom is 0.496 e. The van der Waals surface area contributed by atoms with Gasteiger partial charge in [-0.05, 0) is 69.6 Å². The van der Waals surface area contributed by atoms with E-state index in [1.807, 2.05) is 33.8 Å². The van der Waals surface area contributed by atoms with Gasteiger partial charge in [0.05, 0.1) is 35.4 Å². The number of nitrogens with zero attached hydrogens (tertiary/aromatic N) is 2. The number of carbonyl (C=O) groups is 1. The van der Waals surface area contributed by atoms with Crippen LogP contribution in [-0.2, 0) is 20.3 Å². The van der Waals surface area contributed by atoms with Gasteiger partial charge in [0, 0.05) is 17.4 Å². The first-order valence-electron chi connectivity index (χ1n) is 12.4. The zero-order chi connectivity index (χ0) is 26.8. The highest BCUT2D eigenvalue weighted by molar-refractivity contribution is 6.74. The van der Waals surface area contributed by atoms with E-state index in [1.54, 1.807) is 27.8 Å². The maximum atomic E-state index is 13.9. The monoisotopic (exact) mass is 534 g/mol. The van der Waals surface area contributed by atoms with E-state index in [0.29, 0.717) is 13.2 Å². The van der Waals surface area contributed by atoms with Crippen molar-refractivity contribution in [1.82, 2.24) is 9.47 Å². The summed E-state index contributed by atoms with van der Waals surface area (Å²) in [4.78, 5) is 15.4. The minimum atomic E-state index is -2.10. The minimum absolute atomic E-state index is 0.00994. The molecule has 1 amide bonds. The summed E-state index contributed by atoms with van der Waals surface area (Å²) < 4.78 is 34.5. The minimum Gasteiger partial charge on any atom is -0.414 e. The maximum absolute atomic E-state index is 13.9. The molecule has 0 aliphatic carbocycles. The van der Waals surface area contributed by atoms with Crippen molar-refractivity contribution in [2.24, 2.45) is 0 Å². The fraction of sp³-hybridized carbons (Fsp3) is 0.577. The Hall–Kier alpha value is -1.65. The number of fused-ring (bicyclic) bond motifs is 1. The average molecular weight is 535 g/mol. The van der Waals surface area contributed by atoms with Gasteiger partial charge in [0.15, 0.2) is 8.32 Å². The molecule has 1 aromatic heterocycles. The Bertz CT molecular complexity index is 1160. The summed E-state index contributed by atoms with van der Waals surface area (Å²) in [7, 11) is -2.64. The first-order valence-corrected chi connectivity index (χ1v) is 15.7. The van der Waals surface area contributed by atoms with E-state index in [0.717, 1.165) is 16.7 Å². The van der Waals surface area contributed by atoms with E-state index in [2.05, 4.69) is 33.9 Å². The van der Waals surface area contributed by atoms with Crippen LogP contribution in [0.1, 0.15) is 65.8 Å². The molecule has 3 heterocycles. The van der Waals surface area contributed by atoms with Crippen molar-refractivity contribution in [3.05, 3.63) is 52.6 Å². The molecule has 1 fully saturated rings. The Kier molecular flexibility index (Phi) is 6.83. The van der Waals surface area contributed by atoms with Crippen LogP contribution in [0.25, 0.3) is 0 Å². The van der Waals surface area contributed by atoms with E-state index in [-0.39, 0.29) is 16.1 Å². The molecule has 1 unspecified atom stereocenters. The van der Waals surface area contributed by atoms with Gasteiger partial charge < -0.3 is 18.6 Å². The molecule has 1 aromatic carbocycles. The van der Waals surface area contributed by atoms with Crippen LogP contribution in [0.4, 0.5) is 9.18 Å². The molecule has 2 aliphatic heterocycles. The van der Waals surface area contributed by atoms with Gasteiger partial charge in [-0.3, -0.25) is 4.57 Å². The van der Waals surface area contributed by atoms with E-state index in [9.17, 15) is 9.18 Å². The van der Waals surface area contributed by atoms with Crippen molar-refractivity contribution in [2.75, 3.05) is 6.61 Å². The van der Waals surface area contributed by atoms with Crippen molar-refractivity contribution >= 4 is 38.5 Å². The van der Waals surface area contributed by atoms with Crippen LogP contribution in [0.5, 0.6) is 0 Å². The lowest BCUT2D eigenvalue weighted by Gasteiger charge is -2.38. The van der Waals surface area contributed by atoms with Crippen LogP contribution in [0.2, 0.25) is 23.2 Å². The lowest BCUT2D eigenvalue weighted by atomic mass is 9.81. The summed E-state index contributed by atoms with van der Waals surface area (Å²) in [5, 5.41) is 0.0369. The van der Waals surface area contributed by atoms with Crippen LogP contribution < -0.4 is 5.46 Å². The smallest absolute Gasteiger partial charge is 0.414 e. The molecule has 0 radical (unpaired) electrons. The molecule has 0 spiro atoms. The Balaban J connectivity index is 1.60. The number of amides is 1. The third-order valence-corrected chi connectivity index (χ3v) is 13.1. The van der Waals surface area contributed by atoms with Gasteiger partial charge in [-0.2, -0.15) is 0 Å². The molecule has 1 saturated heterocycles. The van der Waals surface area contributed by atoms with Gasteiger partial charge in [0.2, 0.25) is 0 Å². The highest BCUT2D eigenvalue weighted by Gasteiger charge is 2.52. The normalized spacial score (nSPS) is 20.2. The van der Waals surface area contributed by atoms with E-state index in [1.165, 1.54) is 6.07 Å². The zero-order valence-electron chi connectivity index (χ0n) is 22.7. The Morgan fingerprint density at radius 2 is 1.78 bits per heavy atom. The second-order valence-electron chi connectivity index (χ2n) is 12.4. The van der Waals surface area contributed by atoms with Gasteiger partial charge in [-0.1, -0.05) is 38.4 Å². The number of carbonyl (C=O) groups excluding carboxylic acids is 1. The number of hydrogen-bond acceptors (Lipinski definition) is 4. The van der Waals surface area contributed by atoms with Crippen LogP contribution in [0.3, 0.4) is 0 Å². The molecule has 36 heavy (non-hydrogen) atoms. The topological polar surface area (TPSA) is 52.9 Å². The molecule has 2 aromatic rings. The predicted octanol–water partition coefficient (Wildman–Crippen LogP) is 6.13. The summed E-state index contributed by atoms with van der Waals surface area (Å²) in [6, 6.07) is 5.99. The molecule has 196 valence electrons. The van der Waals surface area contributed by atoms with Crippen LogP contribution in [0.15, 0.2) is 30.5 Å². The molecule has 0 bridgehead atoms. The van der Waals surface area contributed by atoms with Crippen LogP contribution >= 0.6 is 11.6 Å².